The maximum atomic E-state index is 13.4. The molecule has 36 heavy (non-hydrogen) atoms. The minimum atomic E-state index is -0.765. The average Bonchev–Trinajstić information content (AvgIpc) is 3.09. The number of methoxy groups -OCH3 is 1. The van der Waals surface area contributed by atoms with Crippen LogP contribution in [0.5, 0.6) is 11.5 Å². The summed E-state index contributed by atoms with van der Waals surface area (Å²) in [5.74, 6) is -0.454. The number of para-hydroxylation sites is 1. The molecule has 1 saturated heterocycles. The Morgan fingerprint density at radius 3 is 2.39 bits per heavy atom. The molecule has 0 saturated carbocycles. The molecule has 1 fully saturated rings. The maximum absolute atomic E-state index is 13.4. The van der Waals surface area contributed by atoms with E-state index in [2.05, 4.69) is 0 Å². The molecular weight excluding hydrogens is 454 g/mol. The first-order valence-corrected chi connectivity index (χ1v) is 11.9. The molecule has 0 bridgehead atoms. The molecule has 1 unspecified atom stereocenters. The van der Waals surface area contributed by atoms with Crippen molar-refractivity contribution in [3.63, 3.8) is 0 Å². The van der Waals surface area contributed by atoms with Gasteiger partial charge in [-0.2, -0.15) is 0 Å². The highest BCUT2D eigenvalue weighted by molar-refractivity contribution is 6.46. The van der Waals surface area contributed by atoms with Crippen LogP contribution >= 0.6 is 0 Å². The Morgan fingerprint density at radius 1 is 0.972 bits per heavy atom. The number of nitrogens with zero attached hydrogens (tertiary/aromatic N) is 1. The van der Waals surface area contributed by atoms with Crippen molar-refractivity contribution in [1.29, 1.82) is 0 Å². The molecule has 186 valence electrons. The Morgan fingerprint density at radius 2 is 1.69 bits per heavy atom. The summed E-state index contributed by atoms with van der Waals surface area (Å²) in [5.41, 5.74) is 2.51. The fourth-order valence-corrected chi connectivity index (χ4v) is 4.40. The number of aliphatic hydroxyl groups excluding tert-OH is 1. The molecule has 0 aliphatic carbocycles. The maximum Gasteiger partial charge on any atom is 0.295 e. The van der Waals surface area contributed by atoms with E-state index in [0.717, 1.165) is 16.7 Å². The molecule has 1 atom stereocenters. The Balaban J connectivity index is 1.85. The Kier molecular flexibility index (Phi) is 6.88. The zero-order valence-corrected chi connectivity index (χ0v) is 21.2. The van der Waals surface area contributed by atoms with Crippen LogP contribution in [0.3, 0.4) is 0 Å². The SMILES string of the molecule is COc1cccc(/C(O)=C2\C(=O)C(=O)N(Cc3ccccc3OC(C)(C)C)C2c2cccc(C)c2)c1. The summed E-state index contributed by atoms with van der Waals surface area (Å²) in [6.07, 6.45) is 0. The third-order valence-corrected chi connectivity index (χ3v) is 5.97. The smallest absolute Gasteiger partial charge is 0.295 e. The summed E-state index contributed by atoms with van der Waals surface area (Å²) >= 11 is 0. The van der Waals surface area contributed by atoms with Gasteiger partial charge in [-0.3, -0.25) is 9.59 Å². The molecule has 3 aromatic carbocycles. The van der Waals surface area contributed by atoms with Crippen LogP contribution in [0.15, 0.2) is 78.4 Å². The van der Waals surface area contributed by atoms with Gasteiger partial charge in [-0.05, 0) is 51.5 Å². The first-order valence-electron chi connectivity index (χ1n) is 11.9. The van der Waals surface area contributed by atoms with Crippen molar-refractivity contribution in [2.75, 3.05) is 7.11 Å². The predicted octanol–water partition coefficient (Wildman–Crippen LogP) is 5.80. The lowest BCUT2D eigenvalue weighted by Gasteiger charge is -2.28. The minimum absolute atomic E-state index is 0.0491. The van der Waals surface area contributed by atoms with Crippen molar-refractivity contribution in [2.24, 2.45) is 0 Å². The van der Waals surface area contributed by atoms with Crippen LogP contribution in [0.4, 0.5) is 0 Å². The first kappa shape index (κ1) is 25.0. The molecule has 1 aliphatic rings. The largest absolute Gasteiger partial charge is 0.507 e. The number of aliphatic hydroxyl groups is 1. The second-order valence-electron chi connectivity index (χ2n) is 9.90. The van der Waals surface area contributed by atoms with E-state index in [4.69, 9.17) is 9.47 Å². The van der Waals surface area contributed by atoms with Gasteiger partial charge in [0, 0.05) is 11.1 Å². The van der Waals surface area contributed by atoms with Crippen molar-refractivity contribution >= 4 is 17.4 Å². The summed E-state index contributed by atoms with van der Waals surface area (Å²) < 4.78 is 11.4. The molecule has 0 radical (unpaired) electrons. The van der Waals surface area contributed by atoms with Crippen LogP contribution in [-0.4, -0.2) is 34.4 Å². The lowest BCUT2D eigenvalue weighted by Crippen LogP contribution is -2.30. The minimum Gasteiger partial charge on any atom is -0.507 e. The van der Waals surface area contributed by atoms with Gasteiger partial charge in [0.15, 0.2) is 0 Å². The van der Waals surface area contributed by atoms with Crippen LogP contribution in [0.1, 0.15) is 49.1 Å². The van der Waals surface area contributed by atoms with Gasteiger partial charge in [0.2, 0.25) is 0 Å². The third-order valence-electron chi connectivity index (χ3n) is 5.97. The molecule has 0 aromatic heterocycles. The Hall–Kier alpha value is -4.06. The van der Waals surface area contributed by atoms with Gasteiger partial charge in [0.25, 0.3) is 11.7 Å². The molecule has 6 heteroatoms. The number of carbonyl (C=O) groups excluding carboxylic acids is 2. The molecule has 4 rings (SSSR count). The van der Waals surface area contributed by atoms with Crippen LogP contribution in [0.25, 0.3) is 5.76 Å². The van der Waals surface area contributed by atoms with Crippen molar-refractivity contribution in [3.05, 3.63) is 101 Å². The van der Waals surface area contributed by atoms with E-state index >= 15 is 0 Å². The van der Waals surface area contributed by atoms with E-state index in [9.17, 15) is 14.7 Å². The van der Waals surface area contributed by atoms with Crippen molar-refractivity contribution in [2.45, 2.75) is 45.9 Å². The molecule has 3 aromatic rings. The number of rotatable bonds is 6. The van der Waals surface area contributed by atoms with Gasteiger partial charge in [-0.1, -0.05) is 60.2 Å². The van der Waals surface area contributed by atoms with Gasteiger partial charge in [0.05, 0.1) is 25.3 Å². The number of hydrogen-bond donors (Lipinski definition) is 1. The second kappa shape index (κ2) is 9.90. The van der Waals surface area contributed by atoms with Crippen LogP contribution in [-0.2, 0) is 16.1 Å². The number of ether oxygens (including phenoxy) is 2. The van der Waals surface area contributed by atoms with Gasteiger partial charge in [0.1, 0.15) is 22.9 Å². The highest BCUT2D eigenvalue weighted by Gasteiger charge is 2.46. The van der Waals surface area contributed by atoms with Gasteiger partial charge in [-0.25, -0.2) is 0 Å². The van der Waals surface area contributed by atoms with E-state index in [-0.39, 0.29) is 17.9 Å². The van der Waals surface area contributed by atoms with Crippen LogP contribution < -0.4 is 9.47 Å². The normalized spacial score (nSPS) is 17.4. The third kappa shape index (κ3) is 5.13. The molecule has 1 N–H and O–H groups in total. The van der Waals surface area contributed by atoms with Crippen molar-refractivity contribution in [3.8, 4) is 11.5 Å². The fourth-order valence-electron chi connectivity index (χ4n) is 4.40. The Bertz CT molecular complexity index is 1330. The van der Waals surface area contributed by atoms with E-state index in [0.29, 0.717) is 17.1 Å². The van der Waals surface area contributed by atoms with Gasteiger partial charge >= 0.3 is 0 Å². The van der Waals surface area contributed by atoms with E-state index in [1.54, 1.807) is 24.3 Å². The number of ketones is 1. The number of hydrogen-bond acceptors (Lipinski definition) is 5. The lowest BCUT2D eigenvalue weighted by atomic mass is 9.94. The lowest BCUT2D eigenvalue weighted by molar-refractivity contribution is -0.140. The fraction of sp³-hybridized carbons (Fsp3) is 0.267. The van der Waals surface area contributed by atoms with Crippen LogP contribution in [0.2, 0.25) is 0 Å². The summed E-state index contributed by atoms with van der Waals surface area (Å²) in [6.45, 7) is 7.96. The van der Waals surface area contributed by atoms with Crippen LogP contribution in [0, 0.1) is 6.92 Å². The monoisotopic (exact) mass is 485 g/mol. The van der Waals surface area contributed by atoms with Crippen molar-refractivity contribution in [1.82, 2.24) is 4.90 Å². The highest BCUT2D eigenvalue weighted by atomic mass is 16.5. The highest BCUT2D eigenvalue weighted by Crippen LogP contribution is 2.41. The molecule has 1 heterocycles. The number of Topliss-reactive ketones (excluding diaryl/α,β-unsaturated/α-hetero) is 1. The number of amides is 1. The first-order chi connectivity index (χ1) is 17.1. The summed E-state index contributed by atoms with van der Waals surface area (Å²) in [7, 11) is 1.53. The summed E-state index contributed by atoms with van der Waals surface area (Å²) in [6, 6.07) is 21.2. The molecule has 1 amide bonds. The van der Waals surface area contributed by atoms with E-state index in [1.807, 2.05) is 76.2 Å². The average molecular weight is 486 g/mol. The molecule has 1 aliphatic heterocycles. The summed E-state index contributed by atoms with van der Waals surface area (Å²) in [4.78, 5) is 28.3. The van der Waals surface area contributed by atoms with E-state index in [1.165, 1.54) is 12.0 Å². The summed E-state index contributed by atoms with van der Waals surface area (Å²) in [5, 5.41) is 11.3. The number of likely N-dealkylation sites (tertiary alicyclic amines) is 1. The predicted molar refractivity (Wildman–Crippen MR) is 139 cm³/mol. The van der Waals surface area contributed by atoms with Gasteiger partial charge < -0.3 is 19.5 Å². The molecule has 6 nitrogen and oxygen atoms in total. The number of carbonyl (C=O) groups is 2. The second-order valence-corrected chi connectivity index (χ2v) is 9.90. The molecule has 0 spiro atoms. The van der Waals surface area contributed by atoms with Crippen molar-refractivity contribution < 1.29 is 24.2 Å². The molecular formula is C30H31NO5. The van der Waals surface area contributed by atoms with E-state index < -0.39 is 23.3 Å². The van der Waals surface area contributed by atoms with Gasteiger partial charge in [-0.15, -0.1) is 0 Å². The standard InChI is InChI=1S/C30H31NO5/c1-19-10-8-12-20(16-19)26-25(27(32)21-13-9-14-23(17-21)35-5)28(33)29(34)31(26)18-22-11-6-7-15-24(22)36-30(2,3)4/h6-17,26,32H,18H2,1-5H3/b27-25+. The number of aryl methyl sites for hydroxylation is 1. The zero-order chi connectivity index (χ0) is 26.0. The topological polar surface area (TPSA) is 76.1 Å². The quantitative estimate of drug-likeness (QED) is 0.271. The zero-order valence-electron chi connectivity index (χ0n) is 21.2. The Labute approximate surface area is 211 Å². The number of benzene rings is 3.